The van der Waals surface area contributed by atoms with E-state index in [4.69, 9.17) is 11.1 Å². The van der Waals surface area contributed by atoms with Gasteiger partial charge in [-0.2, -0.15) is 0 Å². The Morgan fingerprint density at radius 2 is 2.35 bits per heavy atom. The number of hydrogen-bond donors (Lipinski definition) is 2. The predicted molar refractivity (Wildman–Crippen MR) is 72.9 cm³/mol. The maximum Gasteiger partial charge on any atom is 0.125 e. The molecule has 3 nitrogen and oxygen atoms in total. The average Bonchev–Trinajstić information content (AvgIpc) is 2.75. The van der Waals surface area contributed by atoms with Gasteiger partial charge >= 0.3 is 0 Å². The molecule has 0 aromatic carbocycles. The number of aromatic nitrogens is 1. The van der Waals surface area contributed by atoms with Gasteiger partial charge in [-0.1, -0.05) is 13.3 Å². The highest BCUT2D eigenvalue weighted by molar-refractivity contribution is 7.99. The number of aryl methyl sites for hydroxylation is 2. The summed E-state index contributed by atoms with van der Waals surface area (Å²) in [4.78, 5) is 4.69. The Hall–Kier alpha value is -1.03. The van der Waals surface area contributed by atoms with Crippen molar-refractivity contribution in [2.24, 2.45) is 5.73 Å². The standard InChI is InChI=1S/C13H19N3S/c1-2-3-7-17-13-10(12(14)15)8-9-5-4-6-11(9)16-13/h8H,2-7H2,1H3,(H3,14,15). The van der Waals surface area contributed by atoms with E-state index in [1.54, 1.807) is 11.8 Å². The lowest BCUT2D eigenvalue weighted by molar-refractivity contribution is 0.884. The highest BCUT2D eigenvalue weighted by atomic mass is 32.2. The SMILES string of the molecule is CCCCSc1nc2c(cc1C(=N)N)CCC2. The number of fused-ring (bicyclic) bond motifs is 1. The first kappa shape index (κ1) is 12.4. The summed E-state index contributed by atoms with van der Waals surface area (Å²) in [5.41, 5.74) is 8.97. The van der Waals surface area contributed by atoms with Gasteiger partial charge in [0, 0.05) is 11.3 Å². The van der Waals surface area contributed by atoms with E-state index in [-0.39, 0.29) is 5.84 Å². The molecule has 4 heteroatoms. The van der Waals surface area contributed by atoms with Crippen LogP contribution in [0.2, 0.25) is 0 Å². The van der Waals surface area contributed by atoms with Crippen molar-refractivity contribution >= 4 is 17.6 Å². The van der Waals surface area contributed by atoms with E-state index in [2.05, 4.69) is 18.0 Å². The largest absolute Gasteiger partial charge is 0.384 e. The summed E-state index contributed by atoms with van der Waals surface area (Å²) < 4.78 is 0. The smallest absolute Gasteiger partial charge is 0.125 e. The van der Waals surface area contributed by atoms with Crippen LogP contribution in [-0.4, -0.2) is 16.6 Å². The van der Waals surface area contributed by atoms with Gasteiger partial charge in [-0.05, 0) is 43.1 Å². The highest BCUT2D eigenvalue weighted by Crippen LogP contribution is 2.28. The number of nitrogens with one attached hydrogen (secondary N) is 1. The third-order valence-corrected chi connectivity index (χ3v) is 4.12. The van der Waals surface area contributed by atoms with E-state index in [1.807, 2.05) is 0 Å². The fraction of sp³-hybridized carbons (Fsp3) is 0.538. The van der Waals surface area contributed by atoms with E-state index in [1.165, 1.54) is 30.5 Å². The molecule has 0 saturated carbocycles. The van der Waals surface area contributed by atoms with E-state index in [0.717, 1.165) is 29.2 Å². The van der Waals surface area contributed by atoms with E-state index in [9.17, 15) is 0 Å². The number of nitrogen functional groups attached to an aromatic ring is 1. The van der Waals surface area contributed by atoms with Crippen molar-refractivity contribution in [1.82, 2.24) is 4.98 Å². The number of unbranched alkanes of at least 4 members (excludes halogenated alkanes) is 1. The summed E-state index contributed by atoms with van der Waals surface area (Å²) in [7, 11) is 0. The molecule has 1 aromatic heterocycles. The molecule has 3 N–H and O–H groups in total. The fourth-order valence-corrected chi connectivity index (χ4v) is 3.19. The average molecular weight is 249 g/mol. The van der Waals surface area contributed by atoms with Crippen LogP contribution in [0.3, 0.4) is 0 Å². The van der Waals surface area contributed by atoms with Crippen LogP contribution in [0.15, 0.2) is 11.1 Å². The van der Waals surface area contributed by atoms with Crippen LogP contribution < -0.4 is 5.73 Å². The van der Waals surface area contributed by atoms with Gasteiger partial charge in [0.1, 0.15) is 10.9 Å². The zero-order chi connectivity index (χ0) is 12.3. The Bertz CT molecular complexity index is 429. The third-order valence-electron chi connectivity index (χ3n) is 3.04. The van der Waals surface area contributed by atoms with Gasteiger partial charge in [0.25, 0.3) is 0 Å². The molecular formula is C13H19N3S. The van der Waals surface area contributed by atoms with Crippen molar-refractivity contribution in [3.63, 3.8) is 0 Å². The van der Waals surface area contributed by atoms with E-state index in [0.29, 0.717) is 0 Å². The lowest BCUT2D eigenvalue weighted by Gasteiger charge is -2.09. The molecule has 0 aliphatic heterocycles. The summed E-state index contributed by atoms with van der Waals surface area (Å²) in [5, 5.41) is 8.59. The van der Waals surface area contributed by atoms with Crippen LogP contribution in [0.5, 0.6) is 0 Å². The van der Waals surface area contributed by atoms with Crippen molar-refractivity contribution in [3.05, 3.63) is 22.9 Å². The molecule has 17 heavy (non-hydrogen) atoms. The van der Waals surface area contributed by atoms with Crippen LogP contribution in [0.1, 0.15) is 43.0 Å². The second-order valence-electron chi connectivity index (χ2n) is 4.42. The number of rotatable bonds is 5. The Morgan fingerprint density at radius 3 is 3.06 bits per heavy atom. The zero-order valence-electron chi connectivity index (χ0n) is 10.3. The third kappa shape index (κ3) is 2.80. The molecule has 0 unspecified atom stereocenters. The minimum absolute atomic E-state index is 0.145. The molecule has 0 bridgehead atoms. The number of thioether (sulfide) groups is 1. The van der Waals surface area contributed by atoms with Crippen LogP contribution in [0.25, 0.3) is 0 Å². The first-order chi connectivity index (χ1) is 8.22. The van der Waals surface area contributed by atoms with Gasteiger partial charge in [0.05, 0.1) is 0 Å². The maximum atomic E-state index is 7.64. The van der Waals surface area contributed by atoms with Crippen molar-refractivity contribution in [2.45, 2.75) is 44.1 Å². The van der Waals surface area contributed by atoms with Crippen molar-refractivity contribution < 1.29 is 0 Å². The molecule has 1 heterocycles. The van der Waals surface area contributed by atoms with E-state index >= 15 is 0 Å². The molecule has 0 atom stereocenters. The summed E-state index contributed by atoms with van der Waals surface area (Å²) in [6.45, 7) is 2.18. The van der Waals surface area contributed by atoms with Crippen LogP contribution in [0, 0.1) is 5.41 Å². The number of pyridine rings is 1. The topological polar surface area (TPSA) is 62.8 Å². The van der Waals surface area contributed by atoms with Gasteiger partial charge in [-0.25, -0.2) is 4.98 Å². The number of amidine groups is 1. The molecular weight excluding hydrogens is 230 g/mol. The summed E-state index contributed by atoms with van der Waals surface area (Å²) in [6.07, 6.45) is 5.72. The Kier molecular flexibility index (Phi) is 4.05. The molecule has 1 aromatic rings. The monoisotopic (exact) mass is 249 g/mol. The quantitative estimate of drug-likeness (QED) is 0.365. The first-order valence-electron chi connectivity index (χ1n) is 6.22. The lowest BCUT2D eigenvalue weighted by Crippen LogP contribution is -2.14. The predicted octanol–water partition coefficient (Wildman–Crippen LogP) is 2.75. The molecule has 0 saturated heterocycles. The second kappa shape index (κ2) is 5.54. The van der Waals surface area contributed by atoms with Crippen molar-refractivity contribution in [3.8, 4) is 0 Å². The summed E-state index contributed by atoms with van der Waals surface area (Å²) >= 11 is 1.73. The minimum Gasteiger partial charge on any atom is -0.384 e. The molecule has 1 aliphatic rings. The maximum absolute atomic E-state index is 7.64. The molecule has 2 rings (SSSR count). The Balaban J connectivity index is 2.25. The van der Waals surface area contributed by atoms with Crippen LogP contribution >= 0.6 is 11.8 Å². The van der Waals surface area contributed by atoms with Gasteiger partial charge in [-0.15, -0.1) is 11.8 Å². The normalized spacial score (nSPS) is 13.7. The zero-order valence-corrected chi connectivity index (χ0v) is 11.1. The van der Waals surface area contributed by atoms with Gasteiger partial charge in [0.15, 0.2) is 0 Å². The Labute approximate surface area is 107 Å². The van der Waals surface area contributed by atoms with Gasteiger partial charge in [-0.3, -0.25) is 5.41 Å². The fourth-order valence-electron chi connectivity index (χ4n) is 2.07. The van der Waals surface area contributed by atoms with E-state index < -0.39 is 0 Å². The molecule has 92 valence electrons. The second-order valence-corrected chi connectivity index (χ2v) is 5.50. The molecule has 0 amide bonds. The lowest BCUT2D eigenvalue weighted by atomic mass is 10.1. The first-order valence-corrected chi connectivity index (χ1v) is 7.21. The molecule has 0 fully saturated rings. The number of nitrogens with zero attached hydrogens (tertiary/aromatic N) is 1. The molecule has 0 spiro atoms. The summed E-state index contributed by atoms with van der Waals surface area (Å²) in [5.74, 6) is 1.20. The number of nitrogens with two attached hydrogens (primary N) is 1. The van der Waals surface area contributed by atoms with Crippen LogP contribution in [0.4, 0.5) is 0 Å². The minimum atomic E-state index is 0.145. The molecule has 1 aliphatic carbocycles. The number of hydrogen-bond acceptors (Lipinski definition) is 3. The van der Waals surface area contributed by atoms with Crippen LogP contribution in [-0.2, 0) is 12.8 Å². The van der Waals surface area contributed by atoms with Gasteiger partial charge in [0.2, 0.25) is 0 Å². The highest BCUT2D eigenvalue weighted by Gasteiger charge is 2.17. The van der Waals surface area contributed by atoms with Crippen molar-refractivity contribution in [2.75, 3.05) is 5.75 Å². The summed E-state index contributed by atoms with van der Waals surface area (Å²) in [6, 6.07) is 2.08. The van der Waals surface area contributed by atoms with Crippen molar-refractivity contribution in [1.29, 1.82) is 5.41 Å². The molecule has 0 radical (unpaired) electrons. The Morgan fingerprint density at radius 1 is 1.53 bits per heavy atom. The van der Waals surface area contributed by atoms with Gasteiger partial charge < -0.3 is 5.73 Å².